The Morgan fingerprint density at radius 3 is 3.06 bits per heavy atom. The number of aromatic carboxylic acids is 1. The average molecular weight is 253 g/mol. The zero-order chi connectivity index (χ0) is 13.1. The van der Waals surface area contributed by atoms with Crippen molar-refractivity contribution in [3.63, 3.8) is 0 Å². The van der Waals surface area contributed by atoms with Gasteiger partial charge in [-0.25, -0.2) is 9.78 Å². The van der Waals surface area contributed by atoms with E-state index in [2.05, 4.69) is 15.3 Å². The zero-order valence-electron chi connectivity index (χ0n) is 9.97. The predicted octanol–water partition coefficient (Wildman–Crippen LogP) is 0.405. The molecule has 0 aromatic carbocycles. The van der Waals surface area contributed by atoms with Crippen molar-refractivity contribution in [3.05, 3.63) is 17.7 Å². The first-order valence-corrected chi connectivity index (χ1v) is 5.78. The number of nitrogens with zero attached hydrogens (tertiary/aromatic N) is 1. The minimum atomic E-state index is -1.21. The van der Waals surface area contributed by atoms with Crippen LogP contribution < -0.4 is 5.32 Å². The van der Waals surface area contributed by atoms with Crippen LogP contribution in [0.2, 0.25) is 0 Å². The lowest BCUT2D eigenvalue weighted by atomic mass is 10.1. The molecule has 7 nitrogen and oxygen atoms in total. The molecule has 7 heteroatoms. The molecule has 1 aromatic rings. The van der Waals surface area contributed by atoms with Gasteiger partial charge in [0.1, 0.15) is 0 Å². The van der Waals surface area contributed by atoms with E-state index in [-0.39, 0.29) is 23.5 Å². The van der Waals surface area contributed by atoms with Crippen LogP contribution in [0.25, 0.3) is 0 Å². The van der Waals surface area contributed by atoms with Crippen LogP contribution in [0.4, 0.5) is 0 Å². The van der Waals surface area contributed by atoms with Gasteiger partial charge in [-0.2, -0.15) is 0 Å². The van der Waals surface area contributed by atoms with Crippen molar-refractivity contribution >= 4 is 11.9 Å². The molecule has 1 amide bonds. The Kier molecular flexibility index (Phi) is 3.61. The van der Waals surface area contributed by atoms with Gasteiger partial charge >= 0.3 is 5.97 Å². The molecule has 3 N–H and O–H groups in total. The van der Waals surface area contributed by atoms with Crippen molar-refractivity contribution in [1.82, 2.24) is 15.3 Å². The van der Waals surface area contributed by atoms with Crippen molar-refractivity contribution in [1.29, 1.82) is 0 Å². The highest BCUT2D eigenvalue weighted by atomic mass is 16.5. The Balaban J connectivity index is 2.02. The number of amides is 1. The van der Waals surface area contributed by atoms with Crippen LogP contribution in [0.3, 0.4) is 0 Å². The maximum Gasteiger partial charge on any atom is 0.354 e. The molecule has 1 aliphatic rings. The van der Waals surface area contributed by atoms with Gasteiger partial charge in [-0.3, -0.25) is 4.79 Å². The number of carbonyl (C=O) groups is 2. The maximum absolute atomic E-state index is 11.9. The van der Waals surface area contributed by atoms with E-state index < -0.39 is 11.9 Å². The van der Waals surface area contributed by atoms with Gasteiger partial charge in [0, 0.05) is 6.61 Å². The number of rotatable bonds is 4. The normalized spacial score (nSPS) is 20.6. The molecule has 1 fully saturated rings. The first-order valence-electron chi connectivity index (χ1n) is 5.78. The van der Waals surface area contributed by atoms with Crippen molar-refractivity contribution in [2.24, 2.45) is 0 Å². The third-order valence-corrected chi connectivity index (χ3v) is 2.95. The molecule has 0 saturated carbocycles. The topological polar surface area (TPSA) is 104 Å². The SMILES string of the molecule is CC(NC(=O)c1nc[nH]c1C(=O)O)C1CCCO1. The summed E-state index contributed by atoms with van der Waals surface area (Å²) in [4.78, 5) is 28.9. The molecule has 2 atom stereocenters. The van der Waals surface area contributed by atoms with Crippen LogP contribution >= 0.6 is 0 Å². The van der Waals surface area contributed by atoms with E-state index in [9.17, 15) is 9.59 Å². The third-order valence-electron chi connectivity index (χ3n) is 2.95. The number of aromatic amines is 1. The summed E-state index contributed by atoms with van der Waals surface area (Å²) in [7, 11) is 0. The van der Waals surface area contributed by atoms with E-state index in [4.69, 9.17) is 9.84 Å². The molecule has 0 bridgehead atoms. The number of imidazole rings is 1. The quantitative estimate of drug-likeness (QED) is 0.720. The fraction of sp³-hybridized carbons (Fsp3) is 0.545. The first-order chi connectivity index (χ1) is 8.59. The summed E-state index contributed by atoms with van der Waals surface area (Å²) in [5.74, 6) is -1.71. The number of nitrogens with one attached hydrogen (secondary N) is 2. The molecular weight excluding hydrogens is 238 g/mol. The Morgan fingerprint density at radius 2 is 2.44 bits per heavy atom. The number of hydrogen-bond donors (Lipinski definition) is 3. The van der Waals surface area contributed by atoms with Gasteiger partial charge in [-0.1, -0.05) is 0 Å². The first kappa shape index (κ1) is 12.6. The minimum Gasteiger partial charge on any atom is -0.477 e. The molecule has 2 rings (SSSR count). The van der Waals surface area contributed by atoms with Crippen LogP contribution in [0, 0.1) is 0 Å². The molecule has 1 aliphatic heterocycles. The summed E-state index contributed by atoms with van der Waals surface area (Å²) in [6, 6.07) is -0.168. The smallest absolute Gasteiger partial charge is 0.354 e. The van der Waals surface area contributed by atoms with Crippen LogP contribution in [0.1, 0.15) is 40.7 Å². The van der Waals surface area contributed by atoms with Gasteiger partial charge in [0.15, 0.2) is 11.4 Å². The highest BCUT2D eigenvalue weighted by Crippen LogP contribution is 2.15. The number of ether oxygens (including phenoxy) is 1. The minimum absolute atomic E-state index is 0.0128. The van der Waals surface area contributed by atoms with Gasteiger partial charge in [0.25, 0.3) is 5.91 Å². The number of hydrogen-bond acceptors (Lipinski definition) is 4. The molecule has 2 unspecified atom stereocenters. The van der Waals surface area contributed by atoms with Crippen molar-refractivity contribution < 1.29 is 19.4 Å². The van der Waals surface area contributed by atoms with Gasteiger partial charge in [0.2, 0.25) is 0 Å². The van der Waals surface area contributed by atoms with E-state index in [1.807, 2.05) is 6.92 Å². The van der Waals surface area contributed by atoms with E-state index in [1.165, 1.54) is 6.33 Å². The fourth-order valence-corrected chi connectivity index (χ4v) is 1.99. The number of carboxylic acid groups (broad SMARTS) is 1. The van der Waals surface area contributed by atoms with Crippen molar-refractivity contribution in [2.75, 3.05) is 6.61 Å². The van der Waals surface area contributed by atoms with Gasteiger partial charge in [-0.15, -0.1) is 0 Å². The van der Waals surface area contributed by atoms with Crippen molar-refractivity contribution in [2.45, 2.75) is 31.9 Å². The van der Waals surface area contributed by atoms with Crippen LogP contribution in [0.15, 0.2) is 6.33 Å². The molecule has 18 heavy (non-hydrogen) atoms. The van der Waals surface area contributed by atoms with Crippen molar-refractivity contribution in [3.8, 4) is 0 Å². The van der Waals surface area contributed by atoms with E-state index in [0.717, 1.165) is 12.8 Å². The lowest BCUT2D eigenvalue weighted by Gasteiger charge is -2.19. The Morgan fingerprint density at radius 1 is 1.67 bits per heavy atom. The summed E-state index contributed by atoms with van der Waals surface area (Å²) < 4.78 is 5.45. The lowest BCUT2D eigenvalue weighted by molar-refractivity contribution is 0.0669. The van der Waals surface area contributed by atoms with E-state index >= 15 is 0 Å². The number of carboxylic acids is 1. The van der Waals surface area contributed by atoms with Crippen LogP contribution in [0.5, 0.6) is 0 Å². The maximum atomic E-state index is 11.9. The highest BCUT2D eigenvalue weighted by molar-refractivity contribution is 6.02. The van der Waals surface area contributed by atoms with Gasteiger partial charge in [-0.05, 0) is 19.8 Å². The standard InChI is InChI=1S/C11H15N3O4/c1-6(7-3-2-4-18-7)14-10(15)8-9(11(16)17)13-5-12-8/h5-7H,2-4H2,1H3,(H,12,13)(H,14,15)(H,16,17). The summed E-state index contributed by atoms with van der Waals surface area (Å²) in [5.41, 5.74) is -0.306. The molecule has 2 heterocycles. The molecule has 0 spiro atoms. The number of carbonyl (C=O) groups excluding carboxylic acids is 1. The lowest BCUT2D eigenvalue weighted by Crippen LogP contribution is -2.41. The average Bonchev–Trinajstić information content (AvgIpc) is 3.00. The summed E-state index contributed by atoms with van der Waals surface area (Å²) >= 11 is 0. The molecule has 1 aromatic heterocycles. The second kappa shape index (κ2) is 5.18. The number of H-pyrrole nitrogens is 1. The zero-order valence-corrected chi connectivity index (χ0v) is 9.97. The Bertz CT molecular complexity index is 451. The van der Waals surface area contributed by atoms with E-state index in [0.29, 0.717) is 6.61 Å². The second-order valence-corrected chi connectivity index (χ2v) is 4.24. The van der Waals surface area contributed by atoms with Crippen LogP contribution in [-0.2, 0) is 4.74 Å². The number of aromatic nitrogens is 2. The molecule has 98 valence electrons. The van der Waals surface area contributed by atoms with E-state index in [1.54, 1.807) is 0 Å². The fourth-order valence-electron chi connectivity index (χ4n) is 1.99. The second-order valence-electron chi connectivity index (χ2n) is 4.24. The highest BCUT2D eigenvalue weighted by Gasteiger charge is 2.26. The monoisotopic (exact) mass is 253 g/mol. The Hall–Kier alpha value is -1.89. The predicted molar refractivity (Wildman–Crippen MR) is 61.4 cm³/mol. The van der Waals surface area contributed by atoms with Crippen LogP contribution in [-0.4, -0.2) is 45.7 Å². The summed E-state index contributed by atoms with van der Waals surface area (Å²) in [6.07, 6.45) is 3.05. The molecular formula is C11H15N3O4. The third kappa shape index (κ3) is 2.51. The largest absolute Gasteiger partial charge is 0.477 e. The molecule has 1 saturated heterocycles. The Labute approximate surface area is 104 Å². The summed E-state index contributed by atoms with van der Waals surface area (Å²) in [5, 5.41) is 11.6. The molecule has 0 radical (unpaired) electrons. The summed E-state index contributed by atoms with van der Waals surface area (Å²) in [6.45, 7) is 2.54. The van der Waals surface area contributed by atoms with Gasteiger partial charge < -0.3 is 20.1 Å². The molecule has 0 aliphatic carbocycles. The van der Waals surface area contributed by atoms with Gasteiger partial charge in [0.05, 0.1) is 18.5 Å².